The second-order valence-corrected chi connectivity index (χ2v) is 1.55. The van der Waals surface area contributed by atoms with E-state index in [1.807, 2.05) is 18.0 Å². The molecular weight excluding hydrogens is 88.1 g/mol. The third kappa shape index (κ3) is 0.796. The smallest absolute Gasteiger partial charge is 0.0930 e. The van der Waals surface area contributed by atoms with Crippen LogP contribution in [0.5, 0.6) is 0 Å². The van der Waals surface area contributed by atoms with Gasteiger partial charge in [0, 0.05) is 18.9 Å². The van der Waals surface area contributed by atoms with Gasteiger partial charge in [0.25, 0.3) is 0 Å². The molecule has 0 bridgehead atoms. The maximum absolute atomic E-state index is 3.80. The molecule has 38 valence electrons. The quantitative estimate of drug-likeness (QED) is 0.348. The molecule has 0 aromatic heterocycles. The van der Waals surface area contributed by atoms with E-state index in [-0.39, 0.29) is 0 Å². The Bertz CT molecular complexity index is 124. The van der Waals surface area contributed by atoms with Crippen molar-refractivity contribution in [1.82, 2.24) is 4.90 Å². The molecule has 1 heterocycles. The van der Waals surface area contributed by atoms with Crippen LogP contribution in [0.1, 0.15) is 6.92 Å². The first kappa shape index (κ1) is 4.37. The number of hydrogen-bond acceptors (Lipinski definition) is 1. The topological polar surface area (TPSA) is 15.4 Å². The molecule has 0 spiro atoms. The fraction of sp³-hybridized carbons (Fsp3) is 0.400. The van der Waals surface area contributed by atoms with Gasteiger partial charge in [-0.15, -0.1) is 0 Å². The second-order valence-electron chi connectivity index (χ2n) is 1.55. The SMILES string of the molecule is C/N=C/N1C=C1C. The number of nitrogens with zero attached hydrogens (tertiary/aromatic N) is 2. The lowest BCUT2D eigenvalue weighted by molar-refractivity contribution is 0.888. The molecule has 0 radical (unpaired) electrons. The van der Waals surface area contributed by atoms with Crippen LogP contribution in [-0.4, -0.2) is 18.3 Å². The minimum Gasteiger partial charge on any atom is -0.309 e. The third-order valence-electron chi connectivity index (χ3n) is 0.905. The molecule has 0 saturated carbocycles. The molecule has 0 atom stereocenters. The molecule has 7 heavy (non-hydrogen) atoms. The van der Waals surface area contributed by atoms with Crippen molar-refractivity contribution >= 4 is 6.34 Å². The van der Waals surface area contributed by atoms with Gasteiger partial charge in [0.2, 0.25) is 0 Å². The van der Waals surface area contributed by atoms with Gasteiger partial charge in [0.1, 0.15) is 0 Å². The van der Waals surface area contributed by atoms with Crippen molar-refractivity contribution in [2.75, 3.05) is 7.05 Å². The van der Waals surface area contributed by atoms with Crippen LogP contribution in [0.3, 0.4) is 0 Å². The van der Waals surface area contributed by atoms with Gasteiger partial charge in [-0.1, -0.05) is 0 Å². The van der Waals surface area contributed by atoms with E-state index in [9.17, 15) is 0 Å². The van der Waals surface area contributed by atoms with Gasteiger partial charge in [-0.25, -0.2) is 0 Å². The van der Waals surface area contributed by atoms with E-state index in [0.717, 1.165) is 0 Å². The lowest BCUT2D eigenvalue weighted by atomic mass is 10.7. The summed E-state index contributed by atoms with van der Waals surface area (Å²) in [5.41, 5.74) is 1.28. The number of hydrogen-bond donors (Lipinski definition) is 0. The predicted molar refractivity (Wildman–Crippen MR) is 30.0 cm³/mol. The van der Waals surface area contributed by atoms with Gasteiger partial charge in [-0.3, -0.25) is 4.99 Å². The van der Waals surface area contributed by atoms with Crippen molar-refractivity contribution < 1.29 is 0 Å². The van der Waals surface area contributed by atoms with Crippen LogP contribution < -0.4 is 0 Å². The van der Waals surface area contributed by atoms with Crippen LogP contribution in [0.4, 0.5) is 0 Å². The van der Waals surface area contributed by atoms with Crippen LogP contribution >= 0.6 is 0 Å². The molecule has 2 nitrogen and oxygen atoms in total. The van der Waals surface area contributed by atoms with E-state index < -0.39 is 0 Å². The molecule has 0 N–H and O–H groups in total. The van der Waals surface area contributed by atoms with Gasteiger partial charge < -0.3 is 4.90 Å². The first-order chi connectivity index (χ1) is 3.34. The van der Waals surface area contributed by atoms with Crippen molar-refractivity contribution in [3.8, 4) is 0 Å². The second kappa shape index (κ2) is 1.37. The van der Waals surface area contributed by atoms with Crippen molar-refractivity contribution in [3.63, 3.8) is 0 Å². The summed E-state index contributed by atoms with van der Waals surface area (Å²) in [5.74, 6) is 0. The fourth-order valence-electron chi connectivity index (χ4n) is 0.421. The maximum atomic E-state index is 3.80. The highest BCUT2D eigenvalue weighted by molar-refractivity contribution is 5.64. The van der Waals surface area contributed by atoms with Gasteiger partial charge in [0.05, 0.1) is 6.34 Å². The lowest BCUT2D eigenvalue weighted by Gasteiger charge is -1.87. The first-order valence-electron chi connectivity index (χ1n) is 2.23. The van der Waals surface area contributed by atoms with Crippen LogP contribution in [0, 0.1) is 0 Å². The monoisotopic (exact) mass is 96.1 g/mol. The molecule has 1 rings (SSSR count). The number of rotatable bonds is 1. The Morgan fingerprint density at radius 1 is 1.86 bits per heavy atom. The zero-order valence-corrected chi connectivity index (χ0v) is 4.55. The van der Waals surface area contributed by atoms with Gasteiger partial charge in [-0.2, -0.15) is 0 Å². The standard InChI is InChI=1S/C5H8N2/c1-5-3-7(5)4-6-2/h3-4H,1-2H3/b6-4+. The van der Waals surface area contributed by atoms with E-state index in [1.54, 1.807) is 13.4 Å². The Balaban J connectivity index is 2.26. The lowest BCUT2D eigenvalue weighted by Crippen LogP contribution is -1.90. The summed E-state index contributed by atoms with van der Waals surface area (Å²) in [5, 5.41) is 0. The van der Waals surface area contributed by atoms with E-state index >= 15 is 0 Å². The predicted octanol–water partition coefficient (Wildman–Crippen LogP) is 0.821. The van der Waals surface area contributed by atoms with Crippen molar-refractivity contribution in [2.24, 2.45) is 4.99 Å². The van der Waals surface area contributed by atoms with Crippen molar-refractivity contribution in [2.45, 2.75) is 6.92 Å². The molecule has 0 unspecified atom stereocenters. The molecule has 0 fully saturated rings. The first-order valence-corrected chi connectivity index (χ1v) is 2.23. The molecule has 0 aromatic carbocycles. The Kier molecular flexibility index (Phi) is 0.855. The maximum Gasteiger partial charge on any atom is 0.0930 e. The van der Waals surface area contributed by atoms with Gasteiger partial charge in [-0.05, 0) is 6.92 Å². The highest BCUT2D eigenvalue weighted by atomic mass is 15.2. The van der Waals surface area contributed by atoms with Crippen molar-refractivity contribution in [1.29, 1.82) is 0 Å². The Morgan fingerprint density at radius 2 is 2.43 bits per heavy atom. The van der Waals surface area contributed by atoms with Gasteiger partial charge in [0.15, 0.2) is 0 Å². The molecule has 1 aliphatic heterocycles. The summed E-state index contributed by atoms with van der Waals surface area (Å²) < 4.78 is 0. The van der Waals surface area contributed by atoms with Crippen LogP contribution in [0.25, 0.3) is 0 Å². The molecule has 0 aromatic rings. The molecule has 0 amide bonds. The van der Waals surface area contributed by atoms with Crippen molar-refractivity contribution in [3.05, 3.63) is 11.9 Å². The fourth-order valence-corrected chi connectivity index (χ4v) is 0.421. The average molecular weight is 96.1 g/mol. The largest absolute Gasteiger partial charge is 0.309 e. The van der Waals surface area contributed by atoms with Crippen LogP contribution in [-0.2, 0) is 0 Å². The number of allylic oxidation sites excluding steroid dienone is 1. The summed E-state index contributed by atoms with van der Waals surface area (Å²) in [6.45, 7) is 2.04. The average Bonchev–Trinajstić information content (AvgIpc) is 2.22. The van der Waals surface area contributed by atoms with E-state index in [4.69, 9.17) is 0 Å². The zero-order valence-electron chi connectivity index (χ0n) is 4.55. The summed E-state index contributed by atoms with van der Waals surface area (Å²) >= 11 is 0. The van der Waals surface area contributed by atoms with Crippen LogP contribution in [0.15, 0.2) is 16.9 Å². The van der Waals surface area contributed by atoms with Crippen LogP contribution in [0.2, 0.25) is 0 Å². The minimum absolute atomic E-state index is 1.28. The highest BCUT2D eigenvalue weighted by Gasteiger charge is 2.10. The summed E-state index contributed by atoms with van der Waals surface area (Å²) in [6, 6.07) is 0. The Morgan fingerprint density at radius 3 is 2.57 bits per heavy atom. The van der Waals surface area contributed by atoms with E-state index in [2.05, 4.69) is 4.99 Å². The van der Waals surface area contributed by atoms with E-state index in [1.165, 1.54) is 5.70 Å². The molecule has 1 aliphatic rings. The third-order valence-corrected chi connectivity index (χ3v) is 0.905. The summed E-state index contributed by atoms with van der Waals surface area (Å²) in [6.07, 6.45) is 3.81. The summed E-state index contributed by atoms with van der Waals surface area (Å²) in [4.78, 5) is 5.77. The Labute approximate surface area is 43.2 Å². The van der Waals surface area contributed by atoms with E-state index in [0.29, 0.717) is 0 Å². The molecular formula is C5H8N2. The Hall–Kier alpha value is -0.790. The van der Waals surface area contributed by atoms with Gasteiger partial charge >= 0.3 is 0 Å². The minimum atomic E-state index is 1.28. The molecule has 0 saturated heterocycles. The zero-order chi connectivity index (χ0) is 5.28. The normalized spacial score (nSPS) is 18.0. The molecule has 2 heteroatoms. The summed E-state index contributed by atoms with van der Waals surface area (Å²) in [7, 11) is 1.76. The molecule has 0 aliphatic carbocycles. The highest BCUT2D eigenvalue weighted by Crippen LogP contribution is 2.15. The number of aliphatic imine (C=N–C) groups is 1.